The van der Waals surface area contributed by atoms with E-state index in [1.807, 2.05) is 24.4 Å². The molecule has 0 bridgehead atoms. The van der Waals surface area contributed by atoms with Gasteiger partial charge in [-0.3, -0.25) is 0 Å². The lowest BCUT2D eigenvalue weighted by Gasteiger charge is -2.05. The fourth-order valence-electron chi connectivity index (χ4n) is 1.89. The van der Waals surface area contributed by atoms with E-state index >= 15 is 0 Å². The van der Waals surface area contributed by atoms with Crippen molar-refractivity contribution in [3.05, 3.63) is 48.2 Å². The van der Waals surface area contributed by atoms with Gasteiger partial charge >= 0.3 is 5.97 Å². The van der Waals surface area contributed by atoms with E-state index in [4.69, 9.17) is 5.73 Å². The first-order valence-electron chi connectivity index (χ1n) is 5.77. The van der Waals surface area contributed by atoms with Crippen LogP contribution in [0.5, 0.6) is 0 Å². The number of nitrogens with one attached hydrogen (secondary N) is 1. The molecule has 0 saturated carbocycles. The average molecular weight is 244 g/mol. The molecule has 3 N–H and O–H groups in total. The Labute approximate surface area is 105 Å². The molecule has 0 radical (unpaired) electrons. The van der Waals surface area contributed by atoms with Gasteiger partial charge in [-0.05, 0) is 18.1 Å². The number of fused-ring (bicyclic) bond motifs is 1. The summed E-state index contributed by atoms with van der Waals surface area (Å²) in [5.41, 5.74) is 8.19. The van der Waals surface area contributed by atoms with Crippen molar-refractivity contribution in [3.63, 3.8) is 0 Å². The predicted octanol–water partition coefficient (Wildman–Crippen LogP) is 1.77. The minimum Gasteiger partial charge on any atom is -0.466 e. The van der Waals surface area contributed by atoms with E-state index < -0.39 is 0 Å². The van der Waals surface area contributed by atoms with Gasteiger partial charge < -0.3 is 15.5 Å². The molecule has 1 heterocycles. The molecule has 1 atom stereocenters. The number of rotatable bonds is 4. The highest BCUT2D eigenvalue weighted by Crippen LogP contribution is 2.18. The second-order valence-electron chi connectivity index (χ2n) is 4.11. The Morgan fingerprint density at radius 2 is 2.28 bits per heavy atom. The van der Waals surface area contributed by atoms with Crippen LogP contribution in [0.4, 0.5) is 0 Å². The number of methoxy groups -OCH3 is 1. The molecular weight excluding hydrogens is 228 g/mol. The number of para-hydroxylation sites is 1. The normalized spacial score (nSPS) is 13.0. The summed E-state index contributed by atoms with van der Waals surface area (Å²) in [6.45, 7) is 0. The lowest BCUT2D eigenvalue weighted by Crippen LogP contribution is -2.20. The van der Waals surface area contributed by atoms with Gasteiger partial charge in [0.05, 0.1) is 7.11 Å². The molecule has 0 unspecified atom stereocenters. The maximum absolute atomic E-state index is 11.0. The van der Waals surface area contributed by atoms with E-state index in [1.165, 1.54) is 18.6 Å². The van der Waals surface area contributed by atoms with Gasteiger partial charge in [-0.15, -0.1) is 0 Å². The first kappa shape index (κ1) is 12.4. The SMILES string of the molecule is COC(=O)/C=C/[C@H](N)Cc1c[nH]c2ccccc12. The smallest absolute Gasteiger partial charge is 0.330 e. The second-order valence-corrected chi connectivity index (χ2v) is 4.11. The van der Waals surface area contributed by atoms with Crippen LogP contribution in [0.3, 0.4) is 0 Å². The van der Waals surface area contributed by atoms with Crippen molar-refractivity contribution >= 4 is 16.9 Å². The van der Waals surface area contributed by atoms with Crippen molar-refractivity contribution in [1.29, 1.82) is 0 Å². The fraction of sp³-hybridized carbons (Fsp3) is 0.214. The van der Waals surface area contributed by atoms with Gasteiger partial charge in [0, 0.05) is 29.2 Å². The van der Waals surface area contributed by atoms with Crippen molar-refractivity contribution in [2.24, 2.45) is 5.73 Å². The average Bonchev–Trinajstić information content (AvgIpc) is 2.79. The van der Waals surface area contributed by atoms with E-state index in [0.29, 0.717) is 6.42 Å². The maximum atomic E-state index is 11.0. The number of ether oxygens (including phenoxy) is 1. The molecule has 4 heteroatoms. The van der Waals surface area contributed by atoms with Gasteiger partial charge in [0.2, 0.25) is 0 Å². The summed E-state index contributed by atoms with van der Waals surface area (Å²) >= 11 is 0. The molecule has 0 amide bonds. The summed E-state index contributed by atoms with van der Waals surface area (Å²) in [7, 11) is 1.35. The van der Waals surface area contributed by atoms with E-state index in [-0.39, 0.29) is 12.0 Å². The molecule has 2 aromatic rings. The molecule has 1 aromatic carbocycles. The molecule has 0 spiro atoms. The Bertz CT molecular complexity index is 572. The number of carbonyl (C=O) groups is 1. The van der Waals surface area contributed by atoms with Gasteiger partial charge in [-0.1, -0.05) is 24.3 Å². The zero-order chi connectivity index (χ0) is 13.0. The third-order valence-corrected chi connectivity index (χ3v) is 2.81. The summed E-state index contributed by atoms with van der Waals surface area (Å²) < 4.78 is 4.52. The number of esters is 1. The molecule has 2 rings (SSSR count). The molecule has 4 nitrogen and oxygen atoms in total. The lowest BCUT2D eigenvalue weighted by molar-refractivity contribution is -0.134. The largest absolute Gasteiger partial charge is 0.466 e. The van der Waals surface area contributed by atoms with E-state index in [9.17, 15) is 4.79 Å². The topological polar surface area (TPSA) is 68.1 Å². The van der Waals surface area contributed by atoms with Gasteiger partial charge in [-0.25, -0.2) is 4.79 Å². The first-order chi connectivity index (χ1) is 8.70. The van der Waals surface area contributed by atoms with E-state index in [0.717, 1.165) is 11.1 Å². The highest BCUT2D eigenvalue weighted by molar-refractivity contribution is 5.83. The lowest BCUT2D eigenvalue weighted by atomic mass is 10.1. The Hall–Kier alpha value is -2.07. The van der Waals surface area contributed by atoms with Gasteiger partial charge in [0.15, 0.2) is 0 Å². The highest BCUT2D eigenvalue weighted by atomic mass is 16.5. The number of benzene rings is 1. The Morgan fingerprint density at radius 3 is 3.06 bits per heavy atom. The summed E-state index contributed by atoms with van der Waals surface area (Å²) in [6, 6.07) is 7.85. The third kappa shape index (κ3) is 2.78. The van der Waals surface area contributed by atoms with Crippen LogP contribution in [0.1, 0.15) is 5.56 Å². The summed E-state index contributed by atoms with van der Waals surface area (Å²) in [4.78, 5) is 14.2. The maximum Gasteiger partial charge on any atom is 0.330 e. The minimum atomic E-state index is -0.385. The molecule has 0 fully saturated rings. The number of hydrogen-bond acceptors (Lipinski definition) is 3. The second kappa shape index (κ2) is 5.51. The standard InChI is InChI=1S/C14H16N2O2/c1-18-14(17)7-6-11(15)8-10-9-16-13-5-3-2-4-12(10)13/h2-7,9,11,16H,8,15H2,1H3/b7-6+/t11-/m0/s1. The number of nitrogens with two attached hydrogens (primary N) is 1. The van der Waals surface area contributed by atoms with Crippen LogP contribution in [0.25, 0.3) is 10.9 Å². The van der Waals surface area contributed by atoms with Gasteiger partial charge in [0.25, 0.3) is 0 Å². The molecule has 0 aliphatic heterocycles. The van der Waals surface area contributed by atoms with Crippen LogP contribution in [-0.2, 0) is 16.0 Å². The van der Waals surface area contributed by atoms with Crippen LogP contribution in [0.2, 0.25) is 0 Å². The number of aromatic amines is 1. The summed E-state index contributed by atoms with van der Waals surface area (Å²) in [5, 5.41) is 1.17. The fourth-order valence-corrected chi connectivity index (χ4v) is 1.89. The van der Waals surface area contributed by atoms with Gasteiger partial charge in [-0.2, -0.15) is 0 Å². The molecule has 0 aliphatic carbocycles. The summed E-state index contributed by atoms with van der Waals surface area (Å²) in [6.07, 6.45) is 5.65. The Morgan fingerprint density at radius 1 is 1.50 bits per heavy atom. The minimum absolute atomic E-state index is 0.205. The molecular formula is C14H16N2O2. The monoisotopic (exact) mass is 244 g/mol. The molecule has 1 aromatic heterocycles. The summed E-state index contributed by atoms with van der Waals surface area (Å²) in [5.74, 6) is -0.385. The Kier molecular flexibility index (Phi) is 3.79. The van der Waals surface area contributed by atoms with Crippen molar-refractivity contribution in [3.8, 4) is 0 Å². The van der Waals surface area contributed by atoms with Crippen molar-refractivity contribution in [2.75, 3.05) is 7.11 Å². The van der Waals surface area contributed by atoms with Crippen molar-refractivity contribution < 1.29 is 9.53 Å². The van der Waals surface area contributed by atoms with E-state index in [2.05, 4.69) is 15.8 Å². The van der Waals surface area contributed by atoms with Crippen LogP contribution in [0.15, 0.2) is 42.6 Å². The van der Waals surface area contributed by atoms with Crippen LogP contribution >= 0.6 is 0 Å². The van der Waals surface area contributed by atoms with Gasteiger partial charge in [0.1, 0.15) is 0 Å². The van der Waals surface area contributed by atoms with Crippen LogP contribution < -0.4 is 5.73 Å². The third-order valence-electron chi connectivity index (χ3n) is 2.81. The zero-order valence-electron chi connectivity index (χ0n) is 10.2. The first-order valence-corrected chi connectivity index (χ1v) is 5.77. The predicted molar refractivity (Wildman–Crippen MR) is 71.1 cm³/mol. The number of hydrogen-bond donors (Lipinski definition) is 2. The number of aromatic nitrogens is 1. The molecule has 0 aliphatic rings. The molecule has 94 valence electrons. The quantitative estimate of drug-likeness (QED) is 0.636. The van der Waals surface area contributed by atoms with Crippen molar-refractivity contribution in [1.82, 2.24) is 4.98 Å². The Balaban J connectivity index is 2.09. The highest BCUT2D eigenvalue weighted by Gasteiger charge is 2.06. The number of H-pyrrole nitrogens is 1. The van der Waals surface area contributed by atoms with Crippen LogP contribution in [-0.4, -0.2) is 24.1 Å². The van der Waals surface area contributed by atoms with E-state index in [1.54, 1.807) is 6.08 Å². The zero-order valence-corrected chi connectivity index (χ0v) is 10.2. The molecule has 0 saturated heterocycles. The van der Waals surface area contributed by atoms with Crippen molar-refractivity contribution in [2.45, 2.75) is 12.5 Å². The molecule has 18 heavy (non-hydrogen) atoms. The number of carbonyl (C=O) groups excluding carboxylic acids is 1. The van der Waals surface area contributed by atoms with Crippen LogP contribution in [0, 0.1) is 0 Å².